The third-order valence-corrected chi connectivity index (χ3v) is 3.43. The first-order valence-electron chi connectivity index (χ1n) is 6.87. The van der Waals surface area contributed by atoms with E-state index in [1.165, 1.54) is 0 Å². The molecule has 1 aromatic heterocycles. The maximum absolute atomic E-state index is 5.99. The first kappa shape index (κ1) is 15.9. The molecule has 0 saturated carbocycles. The predicted molar refractivity (Wildman–Crippen MR) is 86.7 cm³/mol. The van der Waals surface area contributed by atoms with Gasteiger partial charge in [-0.2, -0.15) is 4.98 Å². The lowest BCUT2D eigenvalue weighted by molar-refractivity contribution is 0.458. The zero-order valence-corrected chi connectivity index (χ0v) is 13.5. The number of aryl methyl sites for hydroxylation is 1. The van der Waals surface area contributed by atoms with Gasteiger partial charge in [-0.15, -0.1) is 0 Å². The van der Waals surface area contributed by atoms with Crippen LogP contribution in [-0.2, 0) is 6.42 Å². The monoisotopic (exact) mass is 325 g/mol. The normalized spacial score (nSPS) is 10.5. The van der Waals surface area contributed by atoms with Crippen LogP contribution >= 0.6 is 23.2 Å². The van der Waals surface area contributed by atoms with Gasteiger partial charge in [0.1, 0.15) is 17.4 Å². The minimum Gasteiger partial charge on any atom is -0.439 e. The molecular weight excluding hydrogens is 309 g/mol. The van der Waals surface area contributed by atoms with Gasteiger partial charge in [-0.1, -0.05) is 30.1 Å². The smallest absolute Gasteiger partial charge is 0.224 e. The van der Waals surface area contributed by atoms with Gasteiger partial charge in [-0.3, -0.25) is 0 Å². The van der Waals surface area contributed by atoms with Crippen molar-refractivity contribution in [2.75, 3.05) is 11.9 Å². The number of nitrogens with zero attached hydrogens (tertiary/aromatic N) is 2. The molecule has 0 aliphatic rings. The van der Waals surface area contributed by atoms with Crippen LogP contribution in [0.3, 0.4) is 0 Å². The van der Waals surface area contributed by atoms with E-state index in [1.54, 1.807) is 24.3 Å². The van der Waals surface area contributed by atoms with Crippen molar-refractivity contribution in [1.29, 1.82) is 0 Å². The molecule has 1 N–H and O–H groups in total. The Balaban J connectivity index is 2.26. The summed E-state index contributed by atoms with van der Waals surface area (Å²) in [6, 6.07) is 6.88. The highest BCUT2D eigenvalue weighted by Crippen LogP contribution is 2.29. The summed E-state index contributed by atoms with van der Waals surface area (Å²) in [6.45, 7) is 4.89. The summed E-state index contributed by atoms with van der Waals surface area (Å²) in [6.07, 6.45) is 1.78. The highest BCUT2D eigenvalue weighted by molar-refractivity contribution is 6.42. The Bertz CT molecular complexity index is 596. The van der Waals surface area contributed by atoms with Crippen LogP contribution in [0.15, 0.2) is 24.3 Å². The van der Waals surface area contributed by atoms with E-state index in [0.717, 1.165) is 31.0 Å². The predicted octanol–water partition coefficient (Wildman–Crippen LogP) is 4.96. The van der Waals surface area contributed by atoms with Crippen molar-refractivity contribution in [2.24, 2.45) is 0 Å². The number of rotatable bonds is 6. The van der Waals surface area contributed by atoms with Gasteiger partial charge >= 0.3 is 0 Å². The minimum atomic E-state index is 0.448. The fraction of sp³-hybridized carbons (Fsp3) is 0.333. The summed E-state index contributed by atoms with van der Waals surface area (Å²) in [5, 5.41) is 4.12. The van der Waals surface area contributed by atoms with E-state index >= 15 is 0 Å². The number of benzene rings is 1. The number of hydrogen-bond acceptors (Lipinski definition) is 4. The third-order valence-electron chi connectivity index (χ3n) is 2.69. The van der Waals surface area contributed by atoms with Gasteiger partial charge in [0, 0.05) is 25.1 Å². The fourth-order valence-corrected chi connectivity index (χ4v) is 2.08. The zero-order valence-electron chi connectivity index (χ0n) is 12.0. The van der Waals surface area contributed by atoms with Crippen LogP contribution in [0.25, 0.3) is 0 Å². The van der Waals surface area contributed by atoms with Gasteiger partial charge < -0.3 is 10.1 Å². The average molecular weight is 326 g/mol. The third kappa shape index (κ3) is 4.48. The molecule has 0 aliphatic heterocycles. The Hall–Kier alpha value is -1.52. The summed E-state index contributed by atoms with van der Waals surface area (Å²) in [7, 11) is 0. The molecule has 0 saturated heterocycles. The molecule has 2 aromatic rings. The van der Waals surface area contributed by atoms with Crippen molar-refractivity contribution in [3.63, 3.8) is 0 Å². The molecule has 0 spiro atoms. The lowest BCUT2D eigenvalue weighted by atomic mass is 10.3. The molecule has 112 valence electrons. The molecule has 4 nitrogen and oxygen atoms in total. The molecule has 21 heavy (non-hydrogen) atoms. The van der Waals surface area contributed by atoms with E-state index in [-0.39, 0.29) is 0 Å². The van der Waals surface area contributed by atoms with Gasteiger partial charge in [0.15, 0.2) is 0 Å². The summed E-state index contributed by atoms with van der Waals surface area (Å²) in [5.74, 6) is 2.59. The van der Waals surface area contributed by atoms with E-state index in [4.69, 9.17) is 27.9 Å². The van der Waals surface area contributed by atoms with Crippen LogP contribution in [0.5, 0.6) is 11.6 Å². The van der Waals surface area contributed by atoms with Crippen LogP contribution in [0, 0.1) is 0 Å². The first-order chi connectivity index (χ1) is 10.1. The minimum absolute atomic E-state index is 0.448. The zero-order chi connectivity index (χ0) is 15.2. The van der Waals surface area contributed by atoms with Crippen LogP contribution in [0.1, 0.15) is 26.1 Å². The molecule has 0 radical (unpaired) electrons. The molecule has 6 heteroatoms. The molecule has 0 atom stereocenters. The highest BCUT2D eigenvalue weighted by atomic mass is 35.5. The Labute approximate surface area is 134 Å². The highest BCUT2D eigenvalue weighted by Gasteiger charge is 2.07. The number of anilines is 1. The van der Waals surface area contributed by atoms with Crippen molar-refractivity contribution >= 4 is 29.0 Å². The van der Waals surface area contributed by atoms with Crippen molar-refractivity contribution < 1.29 is 4.74 Å². The van der Waals surface area contributed by atoms with Gasteiger partial charge in [0.25, 0.3) is 0 Å². The van der Waals surface area contributed by atoms with Crippen molar-refractivity contribution in [3.05, 3.63) is 40.1 Å². The Morgan fingerprint density at radius 3 is 2.57 bits per heavy atom. The second kappa shape index (κ2) is 7.48. The topological polar surface area (TPSA) is 47.0 Å². The Morgan fingerprint density at radius 1 is 1.10 bits per heavy atom. The van der Waals surface area contributed by atoms with Crippen molar-refractivity contribution in [3.8, 4) is 11.6 Å². The Morgan fingerprint density at radius 2 is 1.90 bits per heavy atom. The molecular formula is C15H17Cl2N3O. The van der Waals surface area contributed by atoms with Crippen molar-refractivity contribution in [1.82, 2.24) is 9.97 Å². The van der Waals surface area contributed by atoms with E-state index in [0.29, 0.717) is 21.7 Å². The summed E-state index contributed by atoms with van der Waals surface area (Å²) in [4.78, 5) is 8.84. The molecule has 0 bridgehead atoms. The van der Waals surface area contributed by atoms with E-state index < -0.39 is 0 Å². The fourth-order valence-electron chi connectivity index (χ4n) is 1.79. The molecule has 1 heterocycles. The second-order valence-corrected chi connectivity index (χ2v) is 5.28. The van der Waals surface area contributed by atoms with Gasteiger partial charge in [0.2, 0.25) is 5.88 Å². The standard InChI is InChI=1S/C15H17Cl2N3O/c1-3-5-13-19-14(18-4-2)9-15(20-13)21-10-6-7-11(16)12(17)8-10/h6-9H,3-5H2,1-2H3,(H,18,19,20). The second-order valence-electron chi connectivity index (χ2n) is 4.47. The van der Waals surface area contributed by atoms with Gasteiger partial charge in [-0.25, -0.2) is 4.98 Å². The van der Waals surface area contributed by atoms with Crippen LogP contribution < -0.4 is 10.1 Å². The average Bonchev–Trinajstić information content (AvgIpc) is 2.43. The van der Waals surface area contributed by atoms with E-state index in [9.17, 15) is 0 Å². The number of aromatic nitrogens is 2. The first-order valence-corrected chi connectivity index (χ1v) is 7.62. The number of nitrogens with one attached hydrogen (secondary N) is 1. The number of ether oxygens (including phenoxy) is 1. The van der Waals surface area contributed by atoms with Crippen molar-refractivity contribution in [2.45, 2.75) is 26.7 Å². The summed E-state index contributed by atoms with van der Waals surface area (Å²) in [5.41, 5.74) is 0. The largest absolute Gasteiger partial charge is 0.439 e. The molecule has 1 aromatic carbocycles. The number of halogens is 2. The van der Waals surface area contributed by atoms with E-state index in [2.05, 4.69) is 22.2 Å². The van der Waals surface area contributed by atoms with Crippen LogP contribution in [0.4, 0.5) is 5.82 Å². The number of hydrogen-bond donors (Lipinski definition) is 1. The maximum atomic E-state index is 5.99. The molecule has 0 unspecified atom stereocenters. The van der Waals surface area contributed by atoms with Crippen LogP contribution in [-0.4, -0.2) is 16.5 Å². The van der Waals surface area contributed by atoms with Crippen LogP contribution in [0.2, 0.25) is 10.0 Å². The van der Waals surface area contributed by atoms with Gasteiger partial charge in [0.05, 0.1) is 10.0 Å². The van der Waals surface area contributed by atoms with E-state index in [1.807, 2.05) is 6.92 Å². The quantitative estimate of drug-likeness (QED) is 0.815. The maximum Gasteiger partial charge on any atom is 0.224 e. The summed E-state index contributed by atoms with van der Waals surface area (Å²) >= 11 is 11.9. The molecule has 0 fully saturated rings. The molecule has 0 aliphatic carbocycles. The van der Waals surface area contributed by atoms with Gasteiger partial charge in [-0.05, 0) is 25.5 Å². The SMILES string of the molecule is CCCc1nc(NCC)cc(Oc2ccc(Cl)c(Cl)c2)n1. The molecule has 0 amide bonds. The lowest BCUT2D eigenvalue weighted by Crippen LogP contribution is -2.04. The summed E-state index contributed by atoms with van der Waals surface area (Å²) < 4.78 is 5.75. The molecule has 2 rings (SSSR count). The Kier molecular flexibility index (Phi) is 5.65. The lowest BCUT2D eigenvalue weighted by Gasteiger charge is -2.10.